The van der Waals surface area contributed by atoms with Crippen LogP contribution in [0.5, 0.6) is 11.5 Å². The smallest absolute Gasteiger partial charge is 0.352 e. The van der Waals surface area contributed by atoms with Crippen LogP contribution in [0.3, 0.4) is 0 Å². The van der Waals surface area contributed by atoms with E-state index >= 15 is 0 Å². The predicted octanol–water partition coefficient (Wildman–Crippen LogP) is 0.388. The number of methoxy groups -OCH3 is 2. The Morgan fingerprint density at radius 3 is 2.52 bits per heavy atom. The van der Waals surface area contributed by atoms with Crippen molar-refractivity contribution in [2.24, 2.45) is 0 Å². The minimum absolute atomic E-state index is 0.0751. The SMILES string of the molecule is C=C1[C@H](n2cc(F)c(NC(=O)Cc3cc(OC)cc(OC)c3)nc2=O)O[C@H](CO)[C@H]1O. The molecule has 1 saturated heterocycles. The molecule has 0 aliphatic carbocycles. The summed E-state index contributed by atoms with van der Waals surface area (Å²) in [5.74, 6) is -1.20. The molecule has 0 radical (unpaired) electrons. The molecule has 2 aromatic rings. The van der Waals surface area contributed by atoms with Crippen molar-refractivity contribution in [2.75, 3.05) is 26.1 Å². The molecule has 1 aromatic heterocycles. The summed E-state index contributed by atoms with van der Waals surface area (Å²) in [6.45, 7) is 3.11. The van der Waals surface area contributed by atoms with E-state index in [2.05, 4.69) is 16.9 Å². The Balaban J connectivity index is 1.78. The normalized spacial score (nSPS) is 20.5. The maximum Gasteiger partial charge on any atom is 0.352 e. The van der Waals surface area contributed by atoms with Gasteiger partial charge in [0.1, 0.15) is 23.7 Å². The van der Waals surface area contributed by atoms with Gasteiger partial charge in [-0.05, 0) is 17.7 Å². The molecule has 1 fully saturated rings. The lowest BCUT2D eigenvalue weighted by Gasteiger charge is -2.16. The molecule has 0 bridgehead atoms. The molecular weight excluding hydrogens is 413 g/mol. The zero-order valence-corrected chi connectivity index (χ0v) is 16.9. The zero-order valence-electron chi connectivity index (χ0n) is 16.9. The number of anilines is 1. The number of benzene rings is 1. The van der Waals surface area contributed by atoms with Crippen LogP contribution in [0.4, 0.5) is 10.2 Å². The third kappa shape index (κ3) is 4.74. The largest absolute Gasteiger partial charge is 0.497 e. The molecule has 10 nitrogen and oxygen atoms in total. The summed E-state index contributed by atoms with van der Waals surface area (Å²) in [5, 5.41) is 21.4. The Morgan fingerprint density at radius 2 is 1.97 bits per heavy atom. The highest BCUT2D eigenvalue weighted by atomic mass is 19.1. The molecule has 166 valence electrons. The summed E-state index contributed by atoms with van der Waals surface area (Å²) >= 11 is 0. The first kappa shape index (κ1) is 22.4. The minimum atomic E-state index is -1.22. The van der Waals surface area contributed by atoms with Gasteiger partial charge in [-0.3, -0.25) is 9.36 Å². The lowest BCUT2D eigenvalue weighted by atomic mass is 10.1. The summed E-state index contributed by atoms with van der Waals surface area (Å²) in [4.78, 5) is 28.3. The second-order valence-electron chi connectivity index (χ2n) is 6.80. The number of hydrogen-bond acceptors (Lipinski definition) is 8. The molecule has 11 heteroatoms. The van der Waals surface area contributed by atoms with Crippen molar-refractivity contribution < 1.29 is 33.6 Å². The molecule has 1 amide bonds. The van der Waals surface area contributed by atoms with Crippen LogP contribution in [-0.2, 0) is 16.0 Å². The van der Waals surface area contributed by atoms with Crippen molar-refractivity contribution >= 4 is 11.7 Å². The molecule has 31 heavy (non-hydrogen) atoms. The monoisotopic (exact) mass is 435 g/mol. The Bertz CT molecular complexity index is 1030. The topological polar surface area (TPSA) is 132 Å². The molecule has 3 atom stereocenters. The van der Waals surface area contributed by atoms with Crippen molar-refractivity contribution in [1.82, 2.24) is 9.55 Å². The van der Waals surface area contributed by atoms with Crippen molar-refractivity contribution in [3.8, 4) is 11.5 Å². The summed E-state index contributed by atoms with van der Waals surface area (Å²) < 4.78 is 31.0. The first-order chi connectivity index (χ1) is 14.8. The highest BCUT2D eigenvalue weighted by Crippen LogP contribution is 2.32. The number of nitrogens with zero attached hydrogens (tertiary/aromatic N) is 2. The summed E-state index contributed by atoms with van der Waals surface area (Å²) in [6, 6.07) is 4.88. The van der Waals surface area contributed by atoms with Crippen LogP contribution in [0, 0.1) is 5.82 Å². The molecule has 3 N–H and O–H groups in total. The summed E-state index contributed by atoms with van der Waals surface area (Å²) in [5.41, 5.74) is -0.315. The van der Waals surface area contributed by atoms with Gasteiger partial charge < -0.3 is 29.7 Å². The van der Waals surface area contributed by atoms with Gasteiger partial charge in [-0.1, -0.05) is 6.58 Å². The quantitative estimate of drug-likeness (QED) is 0.532. The molecule has 3 rings (SSSR count). The van der Waals surface area contributed by atoms with Crippen LogP contribution >= 0.6 is 0 Å². The van der Waals surface area contributed by atoms with Gasteiger partial charge >= 0.3 is 5.69 Å². The van der Waals surface area contributed by atoms with Gasteiger partial charge in [0.15, 0.2) is 17.9 Å². The van der Waals surface area contributed by atoms with Crippen LogP contribution in [0.15, 0.2) is 41.3 Å². The van der Waals surface area contributed by atoms with Crippen LogP contribution < -0.4 is 20.5 Å². The molecule has 2 heterocycles. The van der Waals surface area contributed by atoms with E-state index in [0.717, 1.165) is 10.8 Å². The van der Waals surface area contributed by atoms with Gasteiger partial charge in [0.25, 0.3) is 0 Å². The number of nitrogens with one attached hydrogen (secondary N) is 1. The van der Waals surface area contributed by atoms with Gasteiger partial charge in [0.05, 0.1) is 33.4 Å². The number of aliphatic hydroxyl groups is 2. The van der Waals surface area contributed by atoms with E-state index in [-0.39, 0.29) is 12.0 Å². The lowest BCUT2D eigenvalue weighted by Crippen LogP contribution is -2.30. The molecule has 1 aliphatic rings. The Morgan fingerprint density at radius 1 is 1.32 bits per heavy atom. The fraction of sp³-hybridized carbons (Fsp3) is 0.350. The molecular formula is C20H22FN3O7. The number of aromatic nitrogens is 2. The third-order valence-electron chi connectivity index (χ3n) is 4.73. The number of carbonyl (C=O) groups is 1. The van der Waals surface area contributed by atoms with Gasteiger partial charge in [-0.25, -0.2) is 9.18 Å². The Kier molecular flexibility index (Phi) is 6.68. The third-order valence-corrected chi connectivity index (χ3v) is 4.73. The number of halogens is 1. The molecule has 0 unspecified atom stereocenters. The predicted molar refractivity (Wildman–Crippen MR) is 106 cm³/mol. The maximum atomic E-state index is 14.5. The number of rotatable bonds is 7. The van der Waals surface area contributed by atoms with E-state index in [9.17, 15) is 24.2 Å². The van der Waals surface area contributed by atoms with Gasteiger partial charge in [-0.15, -0.1) is 0 Å². The first-order valence-electron chi connectivity index (χ1n) is 9.21. The summed E-state index contributed by atoms with van der Waals surface area (Å²) in [6.07, 6.45) is -2.77. The fourth-order valence-electron chi connectivity index (χ4n) is 3.13. The number of amides is 1. The van der Waals surface area contributed by atoms with Crippen molar-refractivity contribution in [3.05, 3.63) is 58.4 Å². The van der Waals surface area contributed by atoms with E-state index in [4.69, 9.17) is 14.2 Å². The molecule has 0 saturated carbocycles. The number of ether oxygens (including phenoxy) is 3. The molecule has 0 spiro atoms. The molecule has 1 aromatic carbocycles. The Labute approximate surface area is 176 Å². The van der Waals surface area contributed by atoms with E-state index < -0.39 is 48.3 Å². The van der Waals surface area contributed by atoms with Crippen LogP contribution in [0.2, 0.25) is 0 Å². The van der Waals surface area contributed by atoms with Gasteiger partial charge in [0.2, 0.25) is 5.91 Å². The average Bonchev–Trinajstić information content (AvgIpc) is 3.03. The standard InChI is InChI=1S/C20H22FN3O7/c1-10-17(27)15(9-25)31-19(10)24-8-14(21)18(23-20(24)28)22-16(26)6-11-4-12(29-2)7-13(5-11)30-3/h4-5,7-8,15,17,19,25,27H,1,6,9H2,2-3H3,(H,22,23,26,28)/t15-,17+,19-/m1/s1. The molecule has 1 aliphatic heterocycles. The second-order valence-corrected chi connectivity index (χ2v) is 6.80. The van der Waals surface area contributed by atoms with Crippen molar-refractivity contribution in [2.45, 2.75) is 24.9 Å². The summed E-state index contributed by atoms with van der Waals surface area (Å²) in [7, 11) is 2.94. The Hall–Kier alpha value is -3.28. The lowest BCUT2D eigenvalue weighted by molar-refractivity contribution is -0.115. The van der Waals surface area contributed by atoms with E-state index in [0.29, 0.717) is 17.1 Å². The van der Waals surface area contributed by atoms with E-state index in [1.807, 2.05) is 0 Å². The highest BCUT2D eigenvalue weighted by molar-refractivity contribution is 5.91. The van der Waals surface area contributed by atoms with Crippen LogP contribution in [0.25, 0.3) is 0 Å². The van der Waals surface area contributed by atoms with Gasteiger partial charge in [-0.2, -0.15) is 4.98 Å². The average molecular weight is 435 g/mol. The second kappa shape index (κ2) is 9.25. The highest BCUT2D eigenvalue weighted by Gasteiger charge is 2.39. The zero-order chi connectivity index (χ0) is 22.7. The van der Waals surface area contributed by atoms with E-state index in [1.54, 1.807) is 18.2 Å². The van der Waals surface area contributed by atoms with Crippen LogP contribution in [-0.4, -0.2) is 58.7 Å². The number of aliphatic hydroxyl groups excluding tert-OH is 2. The fourth-order valence-corrected chi connectivity index (χ4v) is 3.13. The first-order valence-corrected chi connectivity index (χ1v) is 9.21. The number of carbonyl (C=O) groups excluding carboxylic acids is 1. The minimum Gasteiger partial charge on any atom is -0.497 e. The van der Waals surface area contributed by atoms with Crippen molar-refractivity contribution in [3.63, 3.8) is 0 Å². The van der Waals surface area contributed by atoms with Crippen LogP contribution in [0.1, 0.15) is 11.8 Å². The van der Waals surface area contributed by atoms with Crippen molar-refractivity contribution in [1.29, 1.82) is 0 Å². The number of hydrogen-bond donors (Lipinski definition) is 3. The maximum absolute atomic E-state index is 14.5. The van der Waals surface area contributed by atoms with Gasteiger partial charge in [0, 0.05) is 11.6 Å². The van der Waals surface area contributed by atoms with E-state index in [1.165, 1.54) is 14.2 Å².